The Balaban J connectivity index is 1.87. The minimum absolute atomic E-state index is 0.0857. The maximum Gasteiger partial charge on any atom is 0.337 e. The Bertz CT molecular complexity index is 1400. The van der Waals surface area contributed by atoms with Gasteiger partial charge in [-0.05, 0) is 99.5 Å². The molecule has 38 heavy (non-hydrogen) atoms. The summed E-state index contributed by atoms with van der Waals surface area (Å²) in [5, 5.41) is 10.3. The van der Waals surface area contributed by atoms with E-state index in [4.69, 9.17) is 9.47 Å². The van der Waals surface area contributed by atoms with Gasteiger partial charge >= 0.3 is 5.97 Å². The molecule has 200 valence electrons. The number of hydrogen-bond acceptors (Lipinski definition) is 4. The predicted molar refractivity (Wildman–Crippen MR) is 149 cm³/mol. The van der Waals surface area contributed by atoms with Crippen LogP contribution in [-0.4, -0.2) is 34.6 Å². The summed E-state index contributed by atoms with van der Waals surface area (Å²) < 4.78 is 11.6. The Hall–Kier alpha value is -3.64. The number of aliphatic carboxylic acids is 1. The Labute approximate surface area is 225 Å². The number of aryl methyl sites for hydroxylation is 2. The molecule has 6 nitrogen and oxygen atoms in total. The summed E-state index contributed by atoms with van der Waals surface area (Å²) >= 11 is 0. The zero-order valence-electron chi connectivity index (χ0n) is 23.6. The predicted octanol–water partition coefficient (Wildman–Crippen LogP) is 6.69. The number of rotatable bonds is 6. The molecule has 6 heteroatoms. The first kappa shape index (κ1) is 27.4. The number of hydrogen-bond donors (Lipinski definition) is 1. The molecule has 1 aliphatic heterocycles. The lowest BCUT2D eigenvalue weighted by molar-refractivity contribution is -0.160. The van der Waals surface area contributed by atoms with Gasteiger partial charge in [0, 0.05) is 24.2 Å². The zero-order chi connectivity index (χ0) is 27.9. The van der Waals surface area contributed by atoms with E-state index >= 15 is 0 Å². The molecule has 1 aliphatic rings. The molecule has 0 aliphatic carbocycles. The summed E-state index contributed by atoms with van der Waals surface area (Å²) in [6.07, 6.45) is -1.15. The van der Waals surface area contributed by atoms with E-state index in [1.165, 1.54) is 0 Å². The van der Waals surface area contributed by atoms with Crippen molar-refractivity contribution in [3.63, 3.8) is 0 Å². The van der Waals surface area contributed by atoms with E-state index in [2.05, 4.69) is 0 Å². The van der Waals surface area contributed by atoms with Crippen LogP contribution in [0.5, 0.6) is 5.75 Å². The van der Waals surface area contributed by atoms with Crippen molar-refractivity contribution in [2.45, 2.75) is 73.3 Å². The second-order valence-corrected chi connectivity index (χ2v) is 11.2. The van der Waals surface area contributed by atoms with Crippen molar-refractivity contribution in [3.8, 4) is 16.9 Å². The van der Waals surface area contributed by atoms with E-state index in [1.54, 1.807) is 13.2 Å². The molecule has 0 saturated heterocycles. The first-order chi connectivity index (χ1) is 17.8. The van der Waals surface area contributed by atoms with Crippen molar-refractivity contribution in [2.24, 2.45) is 0 Å². The van der Waals surface area contributed by atoms with Crippen LogP contribution >= 0.6 is 0 Å². The standard InChI is InChI=1S/C32H37NO5/c1-18-9-12-22(13-10-18)27-20(3)24-16-33(30(34)23-14-11-19(2)26(15-23)37-8)17-25(24)21(4)28(27)29(31(35)36)38-32(5,6)7/h9-15,29H,16-17H2,1-8H3,(H,35,36). The second kappa shape index (κ2) is 10.3. The molecule has 0 saturated carbocycles. The average Bonchev–Trinajstić information content (AvgIpc) is 3.31. The van der Waals surface area contributed by atoms with Crippen molar-refractivity contribution in [3.05, 3.63) is 87.0 Å². The van der Waals surface area contributed by atoms with Crippen molar-refractivity contribution < 1.29 is 24.2 Å². The van der Waals surface area contributed by atoms with Gasteiger partial charge in [0.25, 0.3) is 5.91 Å². The van der Waals surface area contributed by atoms with Gasteiger partial charge in [0.15, 0.2) is 6.10 Å². The van der Waals surface area contributed by atoms with Crippen LogP contribution in [0.3, 0.4) is 0 Å². The number of amides is 1. The summed E-state index contributed by atoms with van der Waals surface area (Å²) in [5.74, 6) is -0.446. The SMILES string of the molecule is COc1cc(C(=O)N2Cc3c(C)c(-c4ccc(C)cc4)c(C(OC(C)(C)C)C(=O)O)c(C)c3C2)ccc1C. The number of benzene rings is 3. The molecular formula is C32H37NO5. The van der Waals surface area contributed by atoms with Crippen molar-refractivity contribution >= 4 is 11.9 Å². The van der Waals surface area contributed by atoms with Gasteiger partial charge < -0.3 is 19.5 Å². The van der Waals surface area contributed by atoms with Crippen LogP contribution in [0, 0.1) is 27.7 Å². The van der Waals surface area contributed by atoms with Gasteiger partial charge in [0.05, 0.1) is 12.7 Å². The second-order valence-electron chi connectivity index (χ2n) is 11.2. The monoisotopic (exact) mass is 515 g/mol. The number of carbonyl (C=O) groups is 2. The topological polar surface area (TPSA) is 76.1 Å². The molecular weight excluding hydrogens is 478 g/mol. The molecule has 1 amide bonds. The van der Waals surface area contributed by atoms with Crippen LogP contribution in [0.2, 0.25) is 0 Å². The molecule has 0 aromatic heterocycles. The molecule has 0 spiro atoms. The van der Waals surface area contributed by atoms with Gasteiger partial charge in [-0.3, -0.25) is 4.79 Å². The number of carboxylic acid groups (broad SMARTS) is 1. The van der Waals surface area contributed by atoms with Gasteiger partial charge in [0.2, 0.25) is 0 Å². The van der Waals surface area contributed by atoms with Gasteiger partial charge in [-0.2, -0.15) is 0 Å². The summed E-state index contributed by atoms with van der Waals surface area (Å²) in [7, 11) is 1.60. The number of carboxylic acids is 1. The van der Waals surface area contributed by atoms with Crippen LogP contribution in [0.4, 0.5) is 0 Å². The molecule has 1 unspecified atom stereocenters. The van der Waals surface area contributed by atoms with E-state index in [1.807, 2.05) is 89.8 Å². The van der Waals surface area contributed by atoms with Crippen LogP contribution in [-0.2, 0) is 22.6 Å². The summed E-state index contributed by atoms with van der Waals surface area (Å²) in [4.78, 5) is 28.0. The average molecular weight is 516 g/mol. The van der Waals surface area contributed by atoms with Crippen molar-refractivity contribution in [2.75, 3.05) is 7.11 Å². The zero-order valence-corrected chi connectivity index (χ0v) is 23.6. The van der Waals surface area contributed by atoms with E-state index in [9.17, 15) is 14.7 Å². The summed E-state index contributed by atoms with van der Waals surface area (Å²) in [6, 6.07) is 13.6. The third-order valence-corrected chi connectivity index (χ3v) is 7.26. The number of carbonyl (C=O) groups excluding carboxylic acids is 1. The van der Waals surface area contributed by atoms with Gasteiger partial charge in [0.1, 0.15) is 5.75 Å². The molecule has 0 bridgehead atoms. The van der Waals surface area contributed by atoms with Crippen molar-refractivity contribution in [1.29, 1.82) is 0 Å². The number of nitrogens with zero attached hydrogens (tertiary/aromatic N) is 1. The quantitative estimate of drug-likeness (QED) is 0.396. The highest BCUT2D eigenvalue weighted by molar-refractivity contribution is 5.95. The lowest BCUT2D eigenvalue weighted by Gasteiger charge is -2.29. The molecule has 1 N–H and O–H groups in total. The van der Waals surface area contributed by atoms with E-state index in [-0.39, 0.29) is 5.91 Å². The fourth-order valence-corrected chi connectivity index (χ4v) is 5.31. The van der Waals surface area contributed by atoms with E-state index < -0.39 is 17.7 Å². The Morgan fingerprint density at radius 3 is 2.08 bits per heavy atom. The maximum absolute atomic E-state index is 13.6. The van der Waals surface area contributed by atoms with E-state index in [0.29, 0.717) is 30.0 Å². The molecule has 4 rings (SSSR count). The first-order valence-corrected chi connectivity index (χ1v) is 12.9. The highest BCUT2D eigenvalue weighted by Crippen LogP contribution is 2.44. The fraction of sp³-hybridized carbons (Fsp3) is 0.375. The van der Waals surface area contributed by atoms with Gasteiger partial charge in [-0.25, -0.2) is 4.79 Å². The highest BCUT2D eigenvalue weighted by atomic mass is 16.5. The minimum Gasteiger partial charge on any atom is -0.496 e. The summed E-state index contributed by atoms with van der Waals surface area (Å²) in [5.41, 5.74) is 8.32. The molecule has 1 atom stereocenters. The number of fused-ring (bicyclic) bond motifs is 1. The Morgan fingerprint density at radius 2 is 1.53 bits per heavy atom. The van der Waals surface area contributed by atoms with Gasteiger partial charge in [-0.15, -0.1) is 0 Å². The molecule has 3 aromatic rings. The largest absolute Gasteiger partial charge is 0.496 e. The number of ether oxygens (including phenoxy) is 2. The Kier molecular flexibility index (Phi) is 7.39. The van der Waals surface area contributed by atoms with E-state index in [0.717, 1.165) is 44.5 Å². The van der Waals surface area contributed by atoms with Crippen LogP contribution < -0.4 is 4.74 Å². The fourth-order valence-electron chi connectivity index (χ4n) is 5.31. The van der Waals surface area contributed by atoms with Crippen LogP contribution in [0.25, 0.3) is 11.1 Å². The maximum atomic E-state index is 13.6. The third kappa shape index (κ3) is 5.18. The van der Waals surface area contributed by atoms with Gasteiger partial charge in [-0.1, -0.05) is 35.9 Å². The molecule has 0 radical (unpaired) electrons. The molecule has 3 aromatic carbocycles. The smallest absolute Gasteiger partial charge is 0.337 e. The first-order valence-electron chi connectivity index (χ1n) is 12.9. The lowest BCUT2D eigenvalue weighted by atomic mass is 9.83. The third-order valence-electron chi connectivity index (χ3n) is 7.26. The van der Waals surface area contributed by atoms with Crippen LogP contribution in [0.15, 0.2) is 42.5 Å². The highest BCUT2D eigenvalue weighted by Gasteiger charge is 2.36. The van der Waals surface area contributed by atoms with Crippen LogP contribution in [0.1, 0.15) is 76.2 Å². The Morgan fingerprint density at radius 1 is 0.921 bits per heavy atom. The normalized spacial score (nSPS) is 13.8. The minimum atomic E-state index is -1.15. The molecule has 0 fully saturated rings. The number of methoxy groups -OCH3 is 1. The van der Waals surface area contributed by atoms with Crippen molar-refractivity contribution in [1.82, 2.24) is 4.90 Å². The molecule has 1 heterocycles. The lowest BCUT2D eigenvalue weighted by Crippen LogP contribution is -2.28. The summed E-state index contributed by atoms with van der Waals surface area (Å²) in [6.45, 7) is 14.4.